The second-order valence-corrected chi connectivity index (χ2v) is 6.98. The molecule has 0 atom stereocenters. The molecule has 1 aromatic carbocycles. The first-order valence-corrected chi connectivity index (χ1v) is 9.57. The molecule has 160 valence electrons. The number of benzene rings is 1. The summed E-state index contributed by atoms with van der Waals surface area (Å²) < 4.78 is 10.4. The third-order valence-electron chi connectivity index (χ3n) is 4.94. The Morgan fingerprint density at radius 3 is 2.53 bits per heavy atom. The lowest BCUT2D eigenvalue weighted by atomic mass is 10.2. The minimum atomic E-state index is -0.561. The van der Waals surface area contributed by atoms with E-state index in [9.17, 15) is 19.7 Å². The van der Waals surface area contributed by atoms with Crippen molar-refractivity contribution in [2.45, 2.75) is 13.3 Å². The number of nitrogens with zero attached hydrogens (tertiary/aromatic N) is 3. The standard InChI is InChI=1S/C20H24N4O6/c1-14-3-6-18(30-14)20(26)23-11-9-22(10-12-23)8-7-19(25)21-16-5-4-15(29-2)13-17(16)24(27)28/h3-6,13H,7-12H2,1-2H3,(H,21,25). The average molecular weight is 416 g/mol. The quantitative estimate of drug-likeness (QED) is 0.543. The highest BCUT2D eigenvalue weighted by Crippen LogP contribution is 2.29. The molecule has 0 spiro atoms. The van der Waals surface area contributed by atoms with E-state index in [1.54, 1.807) is 30.0 Å². The zero-order valence-corrected chi connectivity index (χ0v) is 16.9. The number of rotatable bonds is 7. The summed E-state index contributed by atoms with van der Waals surface area (Å²) in [4.78, 5) is 39.2. The largest absolute Gasteiger partial charge is 0.496 e. The number of furan rings is 1. The van der Waals surface area contributed by atoms with Crippen LogP contribution in [0, 0.1) is 17.0 Å². The molecular formula is C20H24N4O6. The van der Waals surface area contributed by atoms with Gasteiger partial charge in [-0.2, -0.15) is 0 Å². The molecule has 2 heterocycles. The minimum absolute atomic E-state index is 0.132. The first-order chi connectivity index (χ1) is 14.4. The number of anilines is 1. The van der Waals surface area contributed by atoms with Crippen molar-refractivity contribution in [3.05, 3.63) is 52.0 Å². The van der Waals surface area contributed by atoms with Gasteiger partial charge in [-0.25, -0.2) is 0 Å². The highest BCUT2D eigenvalue weighted by Gasteiger charge is 2.24. The van der Waals surface area contributed by atoms with Gasteiger partial charge in [-0.05, 0) is 31.2 Å². The number of amides is 2. The third kappa shape index (κ3) is 5.15. The van der Waals surface area contributed by atoms with Gasteiger partial charge in [0.2, 0.25) is 5.91 Å². The Kier molecular flexibility index (Phi) is 6.68. The summed E-state index contributed by atoms with van der Waals surface area (Å²) in [5.74, 6) is 0.929. The molecule has 0 bridgehead atoms. The number of nitrogens with one attached hydrogen (secondary N) is 1. The number of hydrogen-bond acceptors (Lipinski definition) is 7. The molecule has 1 aliphatic rings. The van der Waals surface area contributed by atoms with Crippen LogP contribution in [0.5, 0.6) is 5.75 Å². The average Bonchev–Trinajstić information content (AvgIpc) is 3.18. The maximum atomic E-state index is 12.4. The first-order valence-electron chi connectivity index (χ1n) is 9.57. The topological polar surface area (TPSA) is 118 Å². The summed E-state index contributed by atoms with van der Waals surface area (Å²) in [7, 11) is 1.42. The lowest BCUT2D eigenvalue weighted by Crippen LogP contribution is -2.49. The summed E-state index contributed by atoms with van der Waals surface area (Å²) in [6.45, 7) is 4.66. The smallest absolute Gasteiger partial charge is 0.296 e. The highest BCUT2D eigenvalue weighted by molar-refractivity contribution is 5.93. The van der Waals surface area contributed by atoms with Crippen molar-refractivity contribution in [1.29, 1.82) is 0 Å². The van der Waals surface area contributed by atoms with E-state index in [0.29, 0.717) is 50.0 Å². The Morgan fingerprint density at radius 2 is 1.93 bits per heavy atom. The van der Waals surface area contributed by atoms with Crippen LogP contribution in [0.25, 0.3) is 0 Å². The fourth-order valence-electron chi connectivity index (χ4n) is 3.25. The van der Waals surface area contributed by atoms with Crippen LogP contribution in [0.2, 0.25) is 0 Å². The number of aryl methyl sites for hydroxylation is 1. The van der Waals surface area contributed by atoms with Gasteiger partial charge in [0.05, 0.1) is 18.1 Å². The van der Waals surface area contributed by atoms with Gasteiger partial charge in [0.25, 0.3) is 11.6 Å². The van der Waals surface area contributed by atoms with E-state index in [1.165, 1.54) is 19.2 Å². The van der Waals surface area contributed by atoms with E-state index < -0.39 is 4.92 Å². The maximum absolute atomic E-state index is 12.4. The van der Waals surface area contributed by atoms with E-state index in [2.05, 4.69) is 10.2 Å². The van der Waals surface area contributed by atoms with Gasteiger partial charge in [0, 0.05) is 39.1 Å². The SMILES string of the molecule is COc1ccc(NC(=O)CCN2CCN(C(=O)c3ccc(C)o3)CC2)c([N+](=O)[O-])c1. The zero-order valence-electron chi connectivity index (χ0n) is 16.9. The molecule has 10 nitrogen and oxygen atoms in total. The van der Waals surface area contributed by atoms with Crippen molar-refractivity contribution in [3.63, 3.8) is 0 Å². The van der Waals surface area contributed by atoms with E-state index in [0.717, 1.165) is 0 Å². The van der Waals surface area contributed by atoms with Gasteiger partial charge >= 0.3 is 0 Å². The lowest BCUT2D eigenvalue weighted by Gasteiger charge is -2.34. The molecule has 1 saturated heterocycles. The maximum Gasteiger partial charge on any atom is 0.296 e. The molecular weight excluding hydrogens is 392 g/mol. The van der Waals surface area contributed by atoms with Crippen LogP contribution in [-0.4, -0.2) is 66.4 Å². The molecule has 0 unspecified atom stereocenters. The van der Waals surface area contributed by atoms with E-state index in [1.807, 2.05) is 0 Å². The zero-order chi connectivity index (χ0) is 21.7. The first kappa shape index (κ1) is 21.3. The Labute approximate surface area is 173 Å². The lowest BCUT2D eigenvalue weighted by molar-refractivity contribution is -0.384. The van der Waals surface area contributed by atoms with Crippen LogP contribution in [0.1, 0.15) is 22.7 Å². The molecule has 30 heavy (non-hydrogen) atoms. The van der Waals surface area contributed by atoms with Crippen LogP contribution in [-0.2, 0) is 4.79 Å². The number of carbonyl (C=O) groups excluding carboxylic acids is 2. The molecule has 1 aromatic heterocycles. The molecule has 2 aromatic rings. The third-order valence-corrected chi connectivity index (χ3v) is 4.94. The van der Waals surface area contributed by atoms with Gasteiger partial charge in [-0.3, -0.25) is 24.6 Å². The second kappa shape index (κ2) is 9.40. The number of carbonyl (C=O) groups is 2. The van der Waals surface area contributed by atoms with Crippen LogP contribution >= 0.6 is 0 Å². The Hall–Kier alpha value is -3.40. The summed E-state index contributed by atoms with van der Waals surface area (Å²) in [6.07, 6.45) is 0.189. The van der Waals surface area contributed by atoms with Crippen molar-refractivity contribution >= 4 is 23.2 Å². The van der Waals surface area contributed by atoms with Gasteiger partial charge in [0.1, 0.15) is 17.2 Å². The Balaban J connectivity index is 1.47. The van der Waals surface area contributed by atoms with Crippen molar-refractivity contribution in [2.75, 3.05) is 45.2 Å². The number of hydrogen-bond donors (Lipinski definition) is 1. The molecule has 2 amide bonds. The summed E-state index contributed by atoms with van der Waals surface area (Å²) in [5, 5.41) is 13.8. The summed E-state index contributed by atoms with van der Waals surface area (Å²) in [6, 6.07) is 7.71. The van der Waals surface area contributed by atoms with Crippen LogP contribution in [0.15, 0.2) is 34.7 Å². The molecule has 0 radical (unpaired) electrons. The van der Waals surface area contributed by atoms with Crippen LogP contribution in [0.4, 0.5) is 11.4 Å². The van der Waals surface area contributed by atoms with Crippen LogP contribution in [0.3, 0.4) is 0 Å². The predicted molar refractivity (Wildman–Crippen MR) is 109 cm³/mol. The van der Waals surface area contributed by atoms with Gasteiger partial charge in [-0.1, -0.05) is 0 Å². The molecule has 3 rings (SSSR count). The molecule has 1 aliphatic heterocycles. The van der Waals surface area contributed by atoms with E-state index in [4.69, 9.17) is 9.15 Å². The number of nitro benzene ring substituents is 1. The summed E-state index contributed by atoms with van der Waals surface area (Å²) >= 11 is 0. The number of nitro groups is 1. The Morgan fingerprint density at radius 1 is 1.20 bits per heavy atom. The molecule has 1 fully saturated rings. The van der Waals surface area contributed by atoms with Gasteiger partial charge < -0.3 is 19.4 Å². The molecule has 0 saturated carbocycles. The van der Waals surface area contributed by atoms with Gasteiger partial charge in [-0.15, -0.1) is 0 Å². The van der Waals surface area contributed by atoms with E-state index >= 15 is 0 Å². The fourth-order valence-corrected chi connectivity index (χ4v) is 3.25. The molecule has 1 N–H and O–H groups in total. The monoisotopic (exact) mass is 416 g/mol. The number of ether oxygens (including phenoxy) is 1. The van der Waals surface area contributed by atoms with Gasteiger partial charge in [0.15, 0.2) is 5.76 Å². The Bertz CT molecular complexity index is 933. The number of methoxy groups -OCH3 is 1. The van der Waals surface area contributed by atoms with Crippen molar-refractivity contribution in [2.24, 2.45) is 0 Å². The highest BCUT2D eigenvalue weighted by atomic mass is 16.6. The fraction of sp³-hybridized carbons (Fsp3) is 0.400. The van der Waals surface area contributed by atoms with Crippen molar-refractivity contribution < 1.29 is 23.7 Å². The van der Waals surface area contributed by atoms with Crippen LogP contribution < -0.4 is 10.1 Å². The van der Waals surface area contributed by atoms with Crippen molar-refractivity contribution in [3.8, 4) is 5.75 Å². The second-order valence-electron chi connectivity index (χ2n) is 6.98. The van der Waals surface area contributed by atoms with E-state index in [-0.39, 0.29) is 29.6 Å². The minimum Gasteiger partial charge on any atom is -0.496 e. The summed E-state index contributed by atoms with van der Waals surface area (Å²) in [5.41, 5.74) is -0.0852. The molecule has 10 heteroatoms. The normalized spacial score (nSPS) is 14.4. The number of piperazine rings is 1. The van der Waals surface area contributed by atoms with Crippen molar-refractivity contribution in [1.82, 2.24) is 9.80 Å². The predicted octanol–water partition coefficient (Wildman–Crippen LogP) is 2.29. The molecule has 0 aliphatic carbocycles.